The van der Waals surface area contributed by atoms with Crippen LogP contribution in [0, 0.1) is 23.7 Å². The molecular weight excluding hydrogens is 1340 g/mol. The molecule has 0 aliphatic carbocycles. The number of guanidine groups is 2. The van der Waals surface area contributed by atoms with Crippen LogP contribution < -0.4 is 104 Å². The molecule has 0 aliphatic rings. The number of aliphatic hydroxyl groups excluding tert-OH is 1. The quantitative estimate of drug-likeness (QED) is 0.0156. The van der Waals surface area contributed by atoms with Crippen LogP contribution in [-0.2, 0) is 67.1 Å². The minimum atomic E-state index is -1.80. The largest absolute Gasteiger partial charge is 0.481 e. The number of aliphatic carboxylic acids is 1. The fraction of sp³-hybridized carbons (Fsp3) is 0.758. The minimum absolute atomic E-state index is 0.00852. The normalized spacial score (nSPS) is 14.2. The number of nitrogens with one attached hydrogen (secondary N) is 12. The molecule has 0 aliphatic heterocycles. The zero-order chi connectivity index (χ0) is 79.7. The van der Waals surface area contributed by atoms with Gasteiger partial charge in [0, 0.05) is 26.9 Å². The fourth-order valence-corrected chi connectivity index (χ4v) is 9.97. The molecular formula is C66H125N21O16. The second kappa shape index (κ2) is 49.6. The first-order valence-electron chi connectivity index (χ1n) is 35.0. The summed E-state index contributed by atoms with van der Waals surface area (Å²) in [6.07, 6.45) is 2.04. The van der Waals surface area contributed by atoms with Gasteiger partial charge in [-0.05, 0) is 161 Å². The summed E-state index contributed by atoms with van der Waals surface area (Å²) in [6, 6.07) is -12.9. The molecule has 28 N–H and O–H groups in total. The SMILES string of the molecule is CC(=O)N[C@@H](C)C(=O)N[C@@H](CO)C(=O)NC(C)(C)C(=O)N[C@@H](CC(C)C)C(=O)N[C@@H](CCCN=C(N)N)C(=O)N[C@@H](CCCCN)C(=O)N[C@@H](CC(C)C)C(=O)NC(C)(C)C(=O)N[C@@H](CCCCN)C(=O)N[C@@H](CCCN=C(N)N)C(=O)N[C@@H](CC(C)C)C(=O)N[C@@H](CC(C)C)C(N)=O.CC(=O)O. The Kier molecular flexibility index (Phi) is 46.2. The number of primary amides is 1. The van der Waals surface area contributed by atoms with Crippen molar-refractivity contribution in [3.8, 4) is 0 Å². The molecule has 103 heavy (non-hydrogen) atoms. The molecule has 0 spiro atoms. The Bertz CT molecular complexity index is 2820. The van der Waals surface area contributed by atoms with Crippen LogP contribution in [0.2, 0.25) is 0 Å². The number of carboxylic acids is 1. The van der Waals surface area contributed by atoms with E-state index in [1.807, 2.05) is 27.7 Å². The lowest BCUT2D eigenvalue weighted by atomic mass is 9.98. The molecule has 37 nitrogen and oxygen atoms in total. The lowest BCUT2D eigenvalue weighted by Crippen LogP contribution is -2.64. The predicted octanol–water partition coefficient (Wildman–Crippen LogP) is -4.22. The molecule has 0 fully saturated rings. The Morgan fingerprint density at radius 2 is 0.621 bits per heavy atom. The number of nitrogens with zero attached hydrogens (tertiary/aromatic N) is 2. The number of aliphatic hydroxyl groups is 1. The van der Waals surface area contributed by atoms with Gasteiger partial charge in [-0.2, -0.15) is 0 Å². The van der Waals surface area contributed by atoms with Crippen molar-refractivity contribution in [1.82, 2.24) is 63.8 Å². The van der Waals surface area contributed by atoms with E-state index >= 15 is 0 Å². The topological polar surface area (TPSA) is 631 Å². The maximum atomic E-state index is 14.6. The van der Waals surface area contributed by atoms with Crippen LogP contribution in [-0.4, -0.2) is 209 Å². The second-order valence-corrected chi connectivity index (χ2v) is 28.2. The van der Waals surface area contributed by atoms with Crippen LogP contribution in [0.3, 0.4) is 0 Å². The molecule has 0 saturated heterocycles. The van der Waals surface area contributed by atoms with Gasteiger partial charge < -0.3 is 114 Å². The van der Waals surface area contributed by atoms with E-state index in [1.54, 1.807) is 27.7 Å². The first-order chi connectivity index (χ1) is 47.7. The van der Waals surface area contributed by atoms with Gasteiger partial charge in [-0.25, -0.2) is 0 Å². The molecule has 0 rings (SSSR count). The molecule has 37 heteroatoms. The summed E-state index contributed by atoms with van der Waals surface area (Å²) in [5, 5.41) is 48.8. The highest BCUT2D eigenvalue weighted by molar-refractivity contribution is 6.01. The maximum Gasteiger partial charge on any atom is 0.300 e. The Balaban J connectivity index is 0. The number of carbonyl (C=O) groups is 14. The van der Waals surface area contributed by atoms with E-state index < -0.39 is 161 Å². The van der Waals surface area contributed by atoms with Gasteiger partial charge in [0.15, 0.2) is 11.9 Å². The van der Waals surface area contributed by atoms with E-state index in [-0.39, 0.29) is 126 Å². The molecule has 0 unspecified atom stereocenters. The number of carbonyl (C=O) groups excluding carboxylic acids is 13. The summed E-state index contributed by atoms with van der Waals surface area (Å²) >= 11 is 0. The molecule has 0 aromatic heterocycles. The Morgan fingerprint density at radius 1 is 0.359 bits per heavy atom. The van der Waals surface area contributed by atoms with E-state index in [0.717, 1.165) is 6.92 Å². The zero-order valence-electron chi connectivity index (χ0n) is 63.1. The van der Waals surface area contributed by atoms with Crippen molar-refractivity contribution < 1.29 is 77.3 Å². The fourth-order valence-electron chi connectivity index (χ4n) is 9.97. The Hall–Kier alpha value is -9.00. The summed E-state index contributed by atoms with van der Waals surface area (Å²) in [7, 11) is 0. The molecule has 0 aromatic rings. The molecule has 0 saturated carbocycles. The standard InChI is InChI=1S/C64H121N21O14.C2H4O2/c1-34(2)29-44(49(67)88)78-55(94)45(30-35(3)4)79-53(92)42(24-20-28-73-62(70)71)76-54(93)43(22-16-18-26-66)82-59(98)63(11,12)84-57(96)47(32-37(7)8)80-52(91)40(21-15-17-25-65)75-51(90)41(23-19-27-72-61(68)69)77-56(95)46(31-36(5)6)83-60(99)64(13,14)85-58(97)48(33-86)81-50(89)38(9)74-39(10)87;1-2(3)4/h34-38,40-48,86H,15-33,65-66H2,1-14H3,(H2,67,88)(H,74,87)(H,75,90)(H,76,93)(H,77,95)(H,78,94)(H,79,92)(H,80,91)(H,81,89)(H,82,98)(H,83,99)(H,84,96)(H,85,97)(H4,68,69,72)(H4,70,71,73);1H3,(H,3,4)/t38-,40-,41-,42-,43-,44-,45-,46-,47-,48-;/m0./s1. The molecule has 590 valence electrons. The Morgan fingerprint density at radius 3 is 0.932 bits per heavy atom. The van der Waals surface area contributed by atoms with Crippen LogP contribution in [0.25, 0.3) is 0 Å². The predicted molar refractivity (Wildman–Crippen MR) is 388 cm³/mol. The van der Waals surface area contributed by atoms with E-state index in [4.69, 9.17) is 50.0 Å². The number of hydrogen-bond donors (Lipinski definition) is 21. The summed E-state index contributed by atoms with van der Waals surface area (Å²) in [4.78, 5) is 196. The van der Waals surface area contributed by atoms with Crippen LogP contribution in [0.5, 0.6) is 0 Å². The highest BCUT2D eigenvalue weighted by atomic mass is 16.4. The van der Waals surface area contributed by atoms with Gasteiger partial charge in [-0.15, -0.1) is 0 Å². The van der Waals surface area contributed by atoms with Crippen molar-refractivity contribution in [2.45, 2.75) is 265 Å². The van der Waals surface area contributed by atoms with Gasteiger partial charge in [0.25, 0.3) is 5.97 Å². The summed E-state index contributed by atoms with van der Waals surface area (Å²) in [5.41, 5.74) is 36.0. The van der Waals surface area contributed by atoms with Gasteiger partial charge >= 0.3 is 0 Å². The molecule has 0 aromatic carbocycles. The molecule has 0 heterocycles. The van der Waals surface area contributed by atoms with Gasteiger partial charge in [-0.1, -0.05) is 55.4 Å². The van der Waals surface area contributed by atoms with Crippen LogP contribution in [0.15, 0.2) is 9.98 Å². The first kappa shape index (κ1) is 96.1. The van der Waals surface area contributed by atoms with E-state index in [0.29, 0.717) is 25.7 Å². The van der Waals surface area contributed by atoms with Crippen molar-refractivity contribution in [1.29, 1.82) is 0 Å². The molecule has 0 radical (unpaired) electrons. The van der Waals surface area contributed by atoms with Crippen LogP contribution in [0.1, 0.15) is 194 Å². The van der Waals surface area contributed by atoms with Crippen LogP contribution in [0.4, 0.5) is 0 Å². The third-order valence-corrected chi connectivity index (χ3v) is 15.3. The van der Waals surface area contributed by atoms with E-state index in [1.165, 1.54) is 41.5 Å². The van der Waals surface area contributed by atoms with Crippen LogP contribution >= 0.6 is 0 Å². The van der Waals surface area contributed by atoms with Crippen molar-refractivity contribution in [3.63, 3.8) is 0 Å². The van der Waals surface area contributed by atoms with Crippen molar-refractivity contribution in [2.24, 2.45) is 73.8 Å². The average molecular weight is 1470 g/mol. The monoisotopic (exact) mass is 1470 g/mol. The number of rotatable bonds is 49. The number of unbranched alkanes of at least 4 members (excludes halogenated alkanes) is 2. The molecule has 0 bridgehead atoms. The first-order valence-corrected chi connectivity index (χ1v) is 35.0. The number of hydrogen-bond acceptors (Lipinski definition) is 19. The molecule has 13 amide bonds. The average Bonchev–Trinajstić information content (AvgIpc) is 0.843. The lowest BCUT2D eigenvalue weighted by molar-refractivity contribution is -0.138. The summed E-state index contributed by atoms with van der Waals surface area (Å²) < 4.78 is 0. The smallest absolute Gasteiger partial charge is 0.300 e. The molecule has 10 atom stereocenters. The Labute approximate surface area is 605 Å². The number of carboxylic acid groups (broad SMARTS) is 1. The van der Waals surface area contributed by atoms with Crippen molar-refractivity contribution in [2.75, 3.05) is 32.8 Å². The van der Waals surface area contributed by atoms with Gasteiger partial charge in [-0.3, -0.25) is 77.1 Å². The van der Waals surface area contributed by atoms with Crippen molar-refractivity contribution >= 4 is 94.7 Å². The third kappa shape index (κ3) is 42.3. The third-order valence-electron chi connectivity index (χ3n) is 15.3. The lowest BCUT2D eigenvalue weighted by Gasteiger charge is -2.32. The van der Waals surface area contributed by atoms with E-state index in [9.17, 15) is 67.4 Å². The zero-order valence-corrected chi connectivity index (χ0v) is 63.1. The van der Waals surface area contributed by atoms with Crippen molar-refractivity contribution in [3.05, 3.63) is 0 Å². The second-order valence-electron chi connectivity index (χ2n) is 28.2. The maximum absolute atomic E-state index is 14.6. The number of aliphatic imine (C=N–C) groups is 2. The van der Waals surface area contributed by atoms with E-state index in [2.05, 4.69) is 73.8 Å². The summed E-state index contributed by atoms with van der Waals surface area (Å²) in [5.74, 6) is -12.3. The summed E-state index contributed by atoms with van der Waals surface area (Å²) in [6.45, 7) is 23.1. The highest BCUT2D eigenvalue weighted by Crippen LogP contribution is 2.16. The highest BCUT2D eigenvalue weighted by Gasteiger charge is 2.40. The van der Waals surface area contributed by atoms with Gasteiger partial charge in [0.2, 0.25) is 76.8 Å². The number of nitrogens with two attached hydrogens (primary N) is 7. The number of amides is 13. The van der Waals surface area contributed by atoms with Gasteiger partial charge in [0.1, 0.15) is 71.5 Å². The minimum Gasteiger partial charge on any atom is -0.481 e. The van der Waals surface area contributed by atoms with Gasteiger partial charge in [0.05, 0.1) is 6.61 Å².